The van der Waals surface area contributed by atoms with Gasteiger partial charge in [-0.1, -0.05) is 44.2 Å². The summed E-state index contributed by atoms with van der Waals surface area (Å²) in [5.74, 6) is 2.08. The fraction of sp³-hybridized carbons (Fsp3) is 0.571. The van der Waals surface area contributed by atoms with Crippen LogP contribution in [0.25, 0.3) is 0 Å². The second-order valence-electron chi connectivity index (χ2n) is 7.63. The molecule has 0 spiro atoms. The fourth-order valence-corrected chi connectivity index (χ4v) is 4.41. The van der Waals surface area contributed by atoms with Gasteiger partial charge in [-0.05, 0) is 61.3 Å². The summed E-state index contributed by atoms with van der Waals surface area (Å²) in [6, 6.07) is 6.44. The van der Waals surface area contributed by atoms with Gasteiger partial charge in [0.25, 0.3) is 0 Å². The number of nitrogens with one attached hydrogen (secondary N) is 1. The van der Waals surface area contributed by atoms with Crippen LogP contribution < -0.4 is 5.32 Å². The van der Waals surface area contributed by atoms with Gasteiger partial charge in [-0.2, -0.15) is 0 Å². The van der Waals surface area contributed by atoms with Crippen LogP contribution in [0.5, 0.6) is 0 Å². The van der Waals surface area contributed by atoms with Crippen LogP contribution in [-0.2, 0) is 17.8 Å². The zero-order valence-electron chi connectivity index (χ0n) is 14.9. The predicted octanol–water partition coefficient (Wildman–Crippen LogP) is 4.06. The molecule has 2 heteroatoms. The van der Waals surface area contributed by atoms with Crippen LogP contribution in [0.4, 0.5) is 0 Å². The largest absolute Gasteiger partial charge is 0.316 e. The summed E-state index contributed by atoms with van der Waals surface area (Å²) in [7, 11) is 1.97. The number of ketones is 1. The van der Waals surface area contributed by atoms with Gasteiger partial charge in [-0.15, -0.1) is 0 Å². The molecule has 0 radical (unpaired) electrons. The van der Waals surface area contributed by atoms with Gasteiger partial charge < -0.3 is 5.32 Å². The maximum atomic E-state index is 13.1. The van der Waals surface area contributed by atoms with E-state index in [0.29, 0.717) is 30.0 Å². The minimum Gasteiger partial charge on any atom is -0.316 e. The maximum Gasteiger partial charge on any atom is 0.139 e. The number of benzene rings is 1. The zero-order chi connectivity index (χ0) is 16.6. The minimum absolute atomic E-state index is 0.148. The molecule has 0 saturated heterocycles. The number of Topliss-reactive ketones (excluding diaryl/α,β-unsaturated/α-hetero) is 1. The van der Waals surface area contributed by atoms with E-state index in [9.17, 15) is 4.79 Å². The Balaban J connectivity index is 1.74. The molecule has 2 aliphatic carbocycles. The van der Waals surface area contributed by atoms with Crippen LogP contribution in [0, 0.1) is 30.1 Å². The van der Waals surface area contributed by atoms with E-state index in [1.54, 1.807) is 0 Å². The van der Waals surface area contributed by atoms with E-state index in [4.69, 9.17) is 0 Å². The second kappa shape index (κ2) is 6.24. The van der Waals surface area contributed by atoms with Gasteiger partial charge >= 0.3 is 0 Å². The van der Waals surface area contributed by atoms with Crippen molar-refractivity contribution in [1.29, 1.82) is 0 Å². The molecule has 1 aromatic rings. The molecule has 23 heavy (non-hydrogen) atoms. The van der Waals surface area contributed by atoms with E-state index in [-0.39, 0.29) is 5.41 Å². The predicted molar refractivity (Wildman–Crippen MR) is 95.3 cm³/mol. The van der Waals surface area contributed by atoms with Crippen molar-refractivity contribution in [3.05, 3.63) is 47.0 Å². The summed E-state index contributed by atoms with van der Waals surface area (Å²) in [5, 5.41) is 3.24. The van der Waals surface area contributed by atoms with Crippen molar-refractivity contribution in [3.8, 4) is 0 Å². The molecule has 2 aliphatic rings. The zero-order valence-corrected chi connectivity index (χ0v) is 14.9. The average Bonchev–Trinajstić information content (AvgIpc) is 3.31. The fourth-order valence-electron chi connectivity index (χ4n) is 4.41. The smallest absolute Gasteiger partial charge is 0.139 e. The highest BCUT2D eigenvalue weighted by Gasteiger charge is 2.56. The second-order valence-corrected chi connectivity index (χ2v) is 7.63. The van der Waals surface area contributed by atoms with Crippen molar-refractivity contribution in [2.24, 2.45) is 23.2 Å². The third kappa shape index (κ3) is 2.89. The molecule has 0 heterocycles. The molecule has 0 aromatic heterocycles. The molecule has 1 fully saturated rings. The molecule has 1 N–H and O–H groups in total. The number of aryl methyl sites for hydroxylation is 1. The van der Waals surface area contributed by atoms with Crippen molar-refractivity contribution in [2.75, 3.05) is 7.05 Å². The van der Waals surface area contributed by atoms with Gasteiger partial charge in [-0.25, -0.2) is 0 Å². The first-order valence-electron chi connectivity index (χ1n) is 8.92. The van der Waals surface area contributed by atoms with E-state index >= 15 is 0 Å². The molecular formula is C21H29NO. The van der Waals surface area contributed by atoms with Crippen molar-refractivity contribution >= 4 is 5.78 Å². The minimum atomic E-state index is -0.148. The summed E-state index contributed by atoms with van der Waals surface area (Å²) in [4.78, 5) is 13.1. The van der Waals surface area contributed by atoms with Crippen LogP contribution in [0.1, 0.15) is 43.4 Å². The van der Waals surface area contributed by atoms with E-state index in [1.807, 2.05) is 7.05 Å². The lowest BCUT2D eigenvalue weighted by Crippen LogP contribution is -2.38. The Bertz CT molecular complexity index is 633. The first-order valence-corrected chi connectivity index (χ1v) is 8.92. The number of allylic oxidation sites excluding steroid dienone is 2. The highest BCUT2D eigenvalue weighted by Crippen LogP contribution is 2.59. The Labute approximate surface area is 140 Å². The standard InChI is InChI=1S/C21H29NO/c1-14-6-5-7-17(13-22-4)18(14)10-11-20(23)21(3)15(2)8-9-16-12-19(16)21/h5-9,15-16,19,22H,10-13H2,1-4H3/t15-,16+,19?,21+/m0/s1. The van der Waals surface area contributed by atoms with Gasteiger partial charge in [0, 0.05) is 18.4 Å². The van der Waals surface area contributed by atoms with Gasteiger partial charge in [0.1, 0.15) is 5.78 Å². The average molecular weight is 311 g/mol. The molecule has 4 atom stereocenters. The summed E-state index contributed by atoms with van der Waals surface area (Å²) >= 11 is 0. The molecule has 0 bridgehead atoms. The van der Waals surface area contributed by atoms with Gasteiger partial charge in [0.2, 0.25) is 0 Å². The van der Waals surface area contributed by atoms with Gasteiger partial charge in [0.05, 0.1) is 0 Å². The Hall–Kier alpha value is -1.41. The Kier molecular flexibility index (Phi) is 4.46. The first-order chi connectivity index (χ1) is 11.0. The monoisotopic (exact) mass is 311 g/mol. The normalized spacial score (nSPS) is 31.7. The molecular weight excluding hydrogens is 282 g/mol. The molecule has 124 valence electrons. The Morgan fingerprint density at radius 1 is 1.35 bits per heavy atom. The van der Waals surface area contributed by atoms with Gasteiger partial charge in [0.15, 0.2) is 0 Å². The number of carbonyl (C=O) groups excluding carboxylic acids is 1. The molecule has 1 aromatic carbocycles. The maximum absolute atomic E-state index is 13.1. The lowest BCUT2D eigenvalue weighted by Gasteiger charge is -2.35. The van der Waals surface area contributed by atoms with Crippen molar-refractivity contribution < 1.29 is 4.79 Å². The highest BCUT2D eigenvalue weighted by atomic mass is 16.1. The molecule has 1 unspecified atom stereocenters. The SMILES string of the molecule is CNCc1cccc(C)c1CCC(=O)[C@@]1(C)C2C[C@H]2C=C[C@@H]1C. The number of rotatable bonds is 6. The third-order valence-electron chi connectivity index (χ3n) is 6.28. The summed E-state index contributed by atoms with van der Waals surface area (Å²) in [5.41, 5.74) is 3.83. The van der Waals surface area contributed by atoms with Crippen molar-refractivity contribution in [1.82, 2.24) is 5.32 Å². The van der Waals surface area contributed by atoms with Crippen LogP contribution in [-0.4, -0.2) is 12.8 Å². The number of fused-ring (bicyclic) bond motifs is 1. The third-order valence-corrected chi connectivity index (χ3v) is 6.28. The summed E-state index contributed by atoms with van der Waals surface area (Å²) < 4.78 is 0. The van der Waals surface area contributed by atoms with Crippen molar-refractivity contribution in [2.45, 2.75) is 46.6 Å². The summed E-state index contributed by atoms with van der Waals surface area (Å²) in [6.07, 6.45) is 7.34. The number of hydrogen-bond acceptors (Lipinski definition) is 2. The van der Waals surface area contributed by atoms with Crippen molar-refractivity contribution in [3.63, 3.8) is 0 Å². The lowest BCUT2D eigenvalue weighted by molar-refractivity contribution is -0.131. The first kappa shape index (κ1) is 16.4. The quantitative estimate of drug-likeness (QED) is 0.803. The van der Waals surface area contributed by atoms with E-state index in [1.165, 1.54) is 23.1 Å². The Morgan fingerprint density at radius 3 is 2.87 bits per heavy atom. The van der Waals surface area contributed by atoms with E-state index in [2.05, 4.69) is 56.4 Å². The molecule has 0 aliphatic heterocycles. The van der Waals surface area contributed by atoms with Crippen LogP contribution >= 0.6 is 0 Å². The Morgan fingerprint density at radius 2 is 2.13 bits per heavy atom. The van der Waals surface area contributed by atoms with Crippen LogP contribution in [0.3, 0.4) is 0 Å². The van der Waals surface area contributed by atoms with Crippen LogP contribution in [0.2, 0.25) is 0 Å². The molecule has 0 amide bonds. The molecule has 1 saturated carbocycles. The van der Waals surface area contributed by atoms with Crippen LogP contribution in [0.15, 0.2) is 30.4 Å². The molecule has 2 nitrogen and oxygen atoms in total. The topological polar surface area (TPSA) is 29.1 Å². The highest BCUT2D eigenvalue weighted by molar-refractivity contribution is 5.86. The van der Waals surface area contributed by atoms with E-state index < -0.39 is 0 Å². The molecule has 3 rings (SSSR count). The lowest BCUT2D eigenvalue weighted by atomic mass is 9.66. The number of hydrogen-bond donors (Lipinski definition) is 1. The summed E-state index contributed by atoms with van der Waals surface area (Å²) in [6.45, 7) is 7.44. The van der Waals surface area contributed by atoms with E-state index in [0.717, 1.165) is 13.0 Å². The number of carbonyl (C=O) groups is 1. The van der Waals surface area contributed by atoms with Gasteiger partial charge in [-0.3, -0.25) is 4.79 Å².